The lowest BCUT2D eigenvalue weighted by molar-refractivity contribution is -0.110. The van der Waals surface area contributed by atoms with Crippen molar-refractivity contribution in [2.24, 2.45) is 0 Å². The zero-order chi connectivity index (χ0) is 15.9. The Hall–Kier alpha value is -1.98. The number of halogens is 2. The minimum absolute atomic E-state index is 0.0596. The summed E-state index contributed by atoms with van der Waals surface area (Å²) < 4.78 is 5.94. The number of ether oxygens (including phenoxy) is 1. The quantitative estimate of drug-likeness (QED) is 0.763. The van der Waals surface area contributed by atoms with E-state index in [0.717, 1.165) is 15.7 Å². The minimum atomic E-state index is -0.230. The molecule has 0 radical (unpaired) electrons. The third kappa shape index (κ3) is 2.58. The molecule has 0 aliphatic carbocycles. The van der Waals surface area contributed by atoms with Crippen LogP contribution in [0.15, 0.2) is 34.8 Å². The molecule has 0 atom stereocenters. The predicted molar refractivity (Wildman–Crippen MR) is 90.3 cm³/mol. The number of fused-ring (bicyclic) bond motifs is 1. The number of anilines is 1. The third-order valence-electron chi connectivity index (χ3n) is 3.35. The Bertz CT molecular complexity index is 817. The van der Waals surface area contributed by atoms with E-state index in [2.05, 4.69) is 21.2 Å². The van der Waals surface area contributed by atoms with Gasteiger partial charge in [-0.2, -0.15) is 0 Å². The first-order chi connectivity index (χ1) is 10.5. The molecule has 0 bridgehead atoms. The number of aromatic hydroxyl groups is 1. The number of rotatable bonds is 2. The number of carbonyl (C=O) groups is 1. The first-order valence-electron chi connectivity index (χ1n) is 6.39. The van der Waals surface area contributed by atoms with E-state index in [1.54, 1.807) is 12.1 Å². The van der Waals surface area contributed by atoms with Crippen LogP contribution in [0.1, 0.15) is 11.1 Å². The molecule has 0 aromatic heterocycles. The second-order valence-corrected chi connectivity index (χ2v) is 6.10. The molecule has 0 saturated heterocycles. The molecule has 3 rings (SSSR count). The lowest BCUT2D eigenvalue weighted by Crippen LogP contribution is -2.03. The summed E-state index contributed by atoms with van der Waals surface area (Å²) >= 11 is 9.41. The molecule has 2 N–H and O–H groups in total. The maximum atomic E-state index is 12.2. The first-order valence-corrected chi connectivity index (χ1v) is 7.56. The van der Waals surface area contributed by atoms with Gasteiger partial charge in [0.2, 0.25) is 0 Å². The van der Waals surface area contributed by atoms with Crippen molar-refractivity contribution >= 4 is 50.8 Å². The van der Waals surface area contributed by atoms with Crippen molar-refractivity contribution in [3.8, 4) is 11.5 Å². The molecule has 1 amide bonds. The number of nitrogens with one attached hydrogen (secondary N) is 1. The molecule has 6 heteroatoms. The lowest BCUT2D eigenvalue weighted by Gasteiger charge is -2.08. The maximum Gasteiger partial charge on any atom is 0.256 e. The van der Waals surface area contributed by atoms with Crippen molar-refractivity contribution < 1.29 is 14.6 Å². The van der Waals surface area contributed by atoms with Gasteiger partial charge < -0.3 is 15.2 Å². The lowest BCUT2D eigenvalue weighted by atomic mass is 10.0. The number of phenolic OH excluding ortho intramolecular Hbond substituents is 1. The van der Waals surface area contributed by atoms with E-state index >= 15 is 0 Å². The van der Waals surface area contributed by atoms with Crippen molar-refractivity contribution in [2.45, 2.75) is 0 Å². The van der Waals surface area contributed by atoms with Crippen molar-refractivity contribution in [1.29, 1.82) is 0 Å². The Balaban J connectivity index is 2.16. The van der Waals surface area contributed by atoms with Crippen LogP contribution in [-0.4, -0.2) is 18.1 Å². The number of carbonyl (C=O) groups excluding carboxylic acids is 1. The molecule has 22 heavy (non-hydrogen) atoms. The molecular weight excluding hydrogens is 370 g/mol. The smallest absolute Gasteiger partial charge is 0.256 e. The summed E-state index contributed by atoms with van der Waals surface area (Å²) in [6, 6.07) is 8.60. The number of methoxy groups -OCH3 is 1. The van der Waals surface area contributed by atoms with Crippen LogP contribution in [0.4, 0.5) is 5.69 Å². The summed E-state index contributed by atoms with van der Waals surface area (Å²) in [5.74, 6) is -0.0330. The number of phenols is 1. The minimum Gasteiger partial charge on any atom is -0.504 e. The highest BCUT2D eigenvalue weighted by Crippen LogP contribution is 2.39. The van der Waals surface area contributed by atoms with E-state index in [0.29, 0.717) is 16.2 Å². The Kier molecular flexibility index (Phi) is 3.85. The van der Waals surface area contributed by atoms with Crippen LogP contribution >= 0.6 is 27.5 Å². The molecule has 0 saturated carbocycles. The van der Waals surface area contributed by atoms with Gasteiger partial charge in [0.15, 0.2) is 11.5 Å². The van der Waals surface area contributed by atoms with Gasteiger partial charge in [-0.1, -0.05) is 27.5 Å². The van der Waals surface area contributed by atoms with Gasteiger partial charge in [-0.05, 0) is 30.3 Å². The fraction of sp³-hybridized carbons (Fsp3) is 0.0625. The molecule has 1 heterocycles. The van der Waals surface area contributed by atoms with E-state index < -0.39 is 0 Å². The van der Waals surface area contributed by atoms with E-state index in [-0.39, 0.29) is 17.4 Å². The van der Waals surface area contributed by atoms with Crippen molar-refractivity contribution in [1.82, 2.24) is 0 Å². The molecule has 0 fully saturated rings. The average molecular weight is 381 g/mol. The predicted octanol–water partition coefficient (Wildman–Crippen LogP) is 4.31. The van der Waals surface area contributed by atoms with Crippen LogP contribution in [0.3, 0.4) is 0 Å². The van der Waals surface area contributed by atoms with Gasteiger partial charge in [0, 0.05) is 37.9 Å². The summed E-state index contributed by atoms with van der Waals surface area (Å²) in [6.07, 6.45) is 1.59. The van der Waals surface area contributed by atoms with Gasteiger partial charge in [-0.15, -0.1) is 0 Å². The van der Waals surface area contributed by atoms with Gasteiger partial charge in [0.25, 0.3) is 5.91 Å². The monoisotopic (exact) mass is 379 g/mol. The maximum absolute atomic E-state index is 12.2. The summed E-state index contributed by atoms with van der Waals surface area (Å²) in [4.78, 5) is 12.2. The van der Waals surface area contributed by atoms with Gasteiger partial charge in [-0.3, -0.25) is 4.79 Å². The number of hydrogen-bond donors (Lipinski definition) is 2. The molecule has 1 aliphatic heterocycles. The number of amides is 1. The summed E-state index contributed by atoms with van der Waals surface area (Å²) in [5.41, 5.74) is 2.36. The fourth-order valence-corrected chi connectivity index (χ4v) is 2.90. The molecule has 2 aromatic carbocycles. The number of hydrogen-bond acceptors (Lipinski definition) is 3. The first kappa shape index (κ1) is 14.9. The number of benzene rings is 2. The largest absolute Gasteiger partial charge is 0.504 e. The Morgan fingerprint density at radius 3 is 2.82 bits per heavy atom. The molecule has 112 valence electrons. The van der Waals surface area contributed by atoms with E-state index in [9.17, 15) is 9.90 Å². The normalized spacial score (nSPS) is 14.9. The van der Waals surface area contributed by atoms with E-state index in [1.807, 2.05) is 18.2 Å². The standard InChI is InChI=1S/C16H11BrClNO3/c1-22-14-7-10(18)4-8(15(14)20)5-12-11-6-9(17)2-3-13(11)19-16(12)21/h2-7,20H,1H3,(H,19,21)/b12-5-. The Morgan fingerprint density at radius 1 is 1.32 bits per heavy atom. The second kappa shape index (κ2) is 5.66. The highest BCUT2D eigenvalue weighted by molar-refractivity contribution is 9.10. The van der Waals surface area contributed by atoms with E-state index in [1.165, 1.54) is 13.2 Å². The Morgan fingerprint density at radius 2 is 2.09 bits per heavy atom. The van der Waals surface area contributed by atoms with Crippen molar-refractivity contribution in [3.63, 3.8) is 0 Å². The molecular formula is C16H11BrClNO3. The van der Waals surface area contributed by atoms with E-state index in [4.69, 9.17) is 16.3 Å². The van der Waals surface area contributed by atoms with Crippen LogP contribution < -0.4 is 10.1 Å². The van der Waals surface area contributed by atoms with Gasteiger partial charge in [-0.25, -0.2) is 0 Å². The molecule has 1 aliphatic rings. The highest BCUT2D eigenvalue weighted by Gasteiger charge is 2.24. The average Bonchev–Trinajstić information content (AvgIpc) is 2.78. The van der Waals surface area contributed by atoms with Crippen LogP contribution in [-0.2, 0) is 4.79 Å². The molecule has 0 unspecified atom stereocenters. The Labute approximate surface area is 140 Å². The SMILES string of the molecule is COc1cc(Cl)cc(/C=C2\C(=O)Nc3ccc(Br)cc32)c1O. The zero-order valence-corrected chi connectivity index (χ0v) is 13.8. The van der Waals surface area contributed by atoms with Crippen LogP contribution in [0.5, 0.6) is 11.5 Å². The molecule has 4 nitrogen and oxygen atoms in total. The summed E-state index contributed by atoms with van der Waals surface area (Å²) in [5, 5.41) is 13.4. The van der Waals surface area contributed by atoms with Crippen LogP contribution in [0.2, 0.25) is 5.02 Å². The second-order valence-electron chi connectivity index (χ2n) is 4.75. The van der Waals surface area contributed by atoms with Crippen LogP contribution in [0, 0.1) is 0 Å². The fourth-order valence-electron chi connectivity index (χ4n) is 2.32. The van der Waals surface area contributed by atoms with Gasteiger partial charge in [0.05, 0.1) is 7.11 Å². The molecule has 2 aromatic rings. The third-order valence-corrected chi connectivity index (χ3v) is 4.07. The van der Waals surface area contributed by atoms with Crippen molar-refractivity contribution in [3.05, 3.63) is 51.0 Å². The zero-order valence-electron chi connectivity index (χ0n) is 11.5. The molecule has 0 spiro atoms. The van der Waals surface area contributed by atoms with Gasteiger partial charge >= 0.3 is 0 Å². The van der Waals surface area contributed by atoms with Gasteiger partial charge in [0.1, 0.15) is 0 Å². The topological polar surface area (TPSA) is 58.6 Å². The summed E-state index contributed by atoms with van der Waals surface area (Å²) in [6.45, 7) is 0. The summed E-state index contributed by atoms with van der Waals surface area (Å²) in [7, 11) is 1.44. The van der Waals surface area contributed by atoms with Crippen molar-refractivity contribution in [2.75, 3.05) is 12.4 Å². The highest BCUT2D eigenvalue weighted by atomic mass is 79.9. The van der Waals surface area contributed by atoms with Crippen LogP contribution in [0.25, 0.3) is 11.6 Å².